The highest BCUT2D eigenvalue weighted by Crippen LogP contribution is 2.27. The lowest BCUT2D eigenvalue weighted by Gasteiger charge is -2.20. The molecule has 78 valence electrons. The first-order chi connectivity index (χ1) is 6.84. The molecule has 0 atom stereocenters. The highest BCUT2D eigenvalue weighted by Gasteiger charge is 2.14. The van der Waals surface area contributed by atoms with Crippen LogP contribution in [0.5, 0.6) is 0 Å². The van der Waals surface area contributed by atoms with Gasteiger partial charge in [0.2, 0.25) is 9.72 Å². The zero-order valence-electron chi connectivity index (χ0n) is 8.21. The van der Waals surface area contributed by atoms with Crippen molar-refractivity contribution >= 4 is 22.6 Å². The quantitative estimate of drug-likeness (QED) is 0.805. The molecule has 0 N–H and O–H groups in total. The molecule has 0 radical (unpaired) electrons. The van der Waals surface area contributed by atoms with E-state index in [1.54, 1.807) is 0 Å². The minimum Gasteiger partial charge on any atom is -0.339 e. The molecule has 1 saturated carbocycles. The molecular weight excluding hydrogens is 291 g/mol. The first kappa shape index (κ1) is 10.4. The Hall–Kier alpha value is -0.130. The summed E-state index contributed by atoms with van der Waals surface area (Å²) in [6, 6.07) is 0. The number of nitrogens with zero attached hydrogens (tertiary/aromatic N) is 2. The van der Waals surface area contributed by atoms with Crippen LogP contribution < -0.4 is 0 Å². The normalized spacial score (nSPS) is 18.6. The maximum atomic E-state index is 5.09. The average Bonchev–Trinajstić information content (AvgIpc) is 2.63. The lowest BCUT2D eigenvalue weighted by molar-refractivity contribution is 0.314. The first-order valence-electron chi connectivity index (χ1n) is 5.32. The maximum absolute atomic E-state index is 5.09. The molecule has 0 aliphatic heterocycles. The smallest absolute Gasteiger partial charge is 0.232 e. The molecule has 0 bridgehead atoms. The van der Waals surface area contributed by atoms with Crippen molar-refractivity contribution in [3.63, 3.8) is 0 Å². The van der Waals surface area contributed by atoms with Gasteiger partial charge in [-0.25, -0.2) is 0 Å². The summed E-state index contributed by atoms with van der Waals surface area (Å²) in [5.74, 6) is 1.70. The van der Waals surface area contributed by atoms with Crippen LogP contribution in [0.2, 0.25) is 0 Å². The van der Waals surface area contributed by atoms with Crippen LogP contribution in [0.15, 0.2) is 4.52 Å². The van der Waals surface area contributed by atoms with Crippen molar-refractivity contribution in [2.45, 2.75) is 44.9 Å². The predicted molar refractivity (Wildman–Crippen MR) is 61.9 cm³/mol. The summed E-state index contributed by atoms with van der Waals surface area (Å²) in [6.07, 6.45) is 9.21. The Bertz CT molecular complexity index is 281. The highest BCUT2D eigenvalue weighted by atomic mass is 127. The van der Waals surface area contributed by atoms with Gasteiger partial charge in [0.25, 0.3) is 0 Å². The summed E-state index contributed by atoms with van der Waals surface area (Å²) in [5.41, 5.74) is 0. The predicted octanol–water partition coefficient (Wildman–Crippen LogP) is 3.19. The van der Waals surface area contributed by atoms with Crippen molar-refractivity contribution in [1.82, 2.24) is 10.1 Å². The fourth-order valence-corrected chi connectivity index (χ4v) is 2.51. The van der Waals surface area contributed by atoms with Crippen molar-refractivity contribution in [3.8, 4) is 0 Å². The Labute approximate surface area is 97.8 Å². The van der Waals surface area contributed by atoms with E-state index in [1.165, 1.54) is 38.5 Å². The standard InChI is InChI=1S/C10H15IN2O/c11-10-12-9(14-13-10)7-6-8-4-2-1-3-5-8/h8H,1-7H2. The van der Waals surface area contributed by atoms with Gasteiger partial charge in [-0.15, -0.1) is 0 Å². The van der Waals surface area contributed by atoms with Gasteiger partial charge in [-0.1, -0.05) is 37.3 Å². The van der Waals surface area contributed by atoms with E-state index in [4.69, 9.17) is 4.52 Å². The van der Waals surface area contributed by atoms with Gasteiger partial charge in [0.1, 0.15) is 0 Å². The van der Waals surface area contributed by atoms with E-state index >= 15 is 0 Å². The molecule has 1 aromatic rings. The van der Waals surface area contributed by atoms with Crippen molar-refractivity contribution in [2.24, 2.45) is 5.92 Å². The Kier molecular flexibility index (Phi) is 3.78. The Balaban J connectivity index is 1.76. The van der Waals surface area contributed by atoms with Crippen LogP contribution >= 0.6 is 22.6 Å². The van der Waals surface area contributed by atoms with Gasteiger partial charge in [-0.2, -0.15) is 4.98 Å². The van der Waals surface area contributed by atoms with Crippen LogP contribution in [0.4, 0.5) is 0 Å². The fourth-order valence-electron chi connectivity index (χ4n) is 2.14. The second-order valence-corrected chi connectivity index (χ2v) is 4.96. The number of aromatic nitrogens is 2. The van der Waals surface area contributed by atoms with E-state index in [2.05, 4.69) is 32.7 Å². The van der Waals surface area contributed by atoms with Crippen molar-refractivity contribution < 1.29 is 4.52 Å². The Morgan fingerprint density at radius 1 is 1.29 bits per heavy atom. The van der Waals surface area contributed by atoms with Gasteiger partial charge in [-0.05, 0) is 12.3 Å². The van der Waals surface area contributed by atoms with E-state index in [0.29, 0.717) is 0 Å². The van der Waals surface area contributed by atoms with E-state index < -0.39 is 0 Å². The molecular formula is C10H15IN2O. The van der Waals surface area contributed by atoms with E-state index in [0.717, 1.165) is 22.1 Å². The third-order valence-corrected chi connectivity index (χ3v) is 3.37. The Morgan fingerprint density at radius 3 is 2.71 bits per heavy atom. The van der Waals surface area contributed by atoms with Crippen LogP contribution in [0, 0.1) is 9.75 Å². The molecule has 0 saturated heterocycles. The molecule has 0 amide bonds. The molecule has 0 spiro atoms. The molecule has 4 heteroatoms. The minimum absolute atomic E-state index is 0.723. The van der Waals surface area contributed by atoms with Gasteiger partial charge in [-0.3, -0.25) is 0 Å². The topological polar surface area (TPSA) is 38.9 Å². The lowest BCUT2D eigenvalue weighted by atomic mass is 9.86. The molecule has 2 rings (SSSR count). The average molecular weight is 306 g/mol. The summed E-state index contributed by atoms with van der Waals surface area (Å²) in [4.78, 5) is 4.20. The van der Waals surface area contributed by atoms with Crippen molar-refractivity contribution in [3.05, 3.63) is 9.72 Å². The molecule has 1 aromatic heterocycles. The molecule has 1 heterocycles. The molecule has 0 unspecified atom stereocenters. The number of halogens is 1. The van der Waals surface area contributed by atoms with Crippen LogP contribution in [0.1, 0.15) is 44.4 Å². The molecule has 0 aromatic carbocycles. The summed E-state index contributed by atoms with van der Waals surface area (Å²) in [5, 5.41) is 3.78. The first-order valence-corrected chi connectivity index (χ1v) is 6.40. The lowest BCUT2D eigenvalue weighted by Crippen LogP contribution is -2.07. The summed E-state index contributed by atoms with van der Waals surface area (Å²) >= 11 is 2.08. The van der Waals surface area contributed by atoms with Gasteiger partial charge in [0.05, 0.1) is 0 Å². The second kappa shape index (κ2) is 5.09. The third kappa shape index (κ3) is 2.93. The maximum Gasteiger partial charge on any atom is 0.232 e. The number of rotatable bonds is 3. The summed E-state index contributed by atoms with van der Waals surface area (Å²) in [7, 11) is 0. The second-order valence-electron chi connectivity index (χ2n) is 4.00. The molecule has 1 fully saturated rings. The van der Waals surface area contributed by atoms with Crippen LogP contribution in [-0.2, 0) is 6.42 Å². The Morgan fingerprint density at radius 2 is 2.07 bits per heavy atom. The molecule has 3 nitrogen and oxygen atoms in total. The third-order valence-electron chi connectivity index (χ3n) is 2.93. The zero-order valence-corrected chi connectivity index (χ0v) is 10.4. The van der Waals surface area contributed by atoms with Crippen LogP contribution in [0.3, 0.4) is 0 Å². The number of hydrogen-bond acceptors (Lipinski definition) is 3. The van der Waals surface area contributed by atoms with Gasteiger partial charge >= 0.3 is 0 Å². The molecule has 1 aliphatic rings. The molecule has 1 aliphatic carbocycles. The van der Waals surface area contributed by atoms with E-state index in [-0.39, 0.29) is 0 Å². The van der Waals surface area contributed by atoms with Crippen molar-refractivity contribution in [1.29, 1.82) is 0 Å². The fraction of sp³-hybridized carbons (Fsp3) is 0.800. The van der Waals surface area contributed by atoms with Crippen LogP contribution in [0.25, 0.3) is 0 Å². The van der Waals surface area contributed by atoms with Crippen molar-refractivity contribution in [2.75, 3.05) is 0 Å². The number of hydrogen-bond donors (Lipinski definition) is 0. The minimum atomic E-state index is 0.723. The summed E-state index contributed by atoms with van der Waals surface area (Å²) < 4.78 is 5.81. The SMILES string of the molecule is Ic1noc(CCC2CCCCC2)n1. The van der Waals surface area contributed by atoms with Gasteiger partial charge in [0.15, 0.2) is 0 Å². The highest BCUT2D eigenvalue weighted by molar-refractivity contribution is 14.1. The monoisotopic (exact) mass is 306 g/mol. The van der Waals surface area contributed by atoms with Gasteiger partial charge in [0, 0.05) is 29.0 Å². The summed E-state index contributed by atoms with van der Waals surface area (Å²) in [6.45, 7) is 0. The largest absolute Gasteiger partial charge is 0.339 e. The molecule has 14 heavy (non-hydrogen) atoms. The van der Waals surface area contributed by atoms with E-state index in [9.17, 15) is 0 Å². The zero-order chi connectivity index (χ0) is 9.80. The van der Waals surface area contributed by atoms with E-state index in [1.807, 2.05) is 0 Å². The van der Waals surface area contributed by atoms with Crippen LogP contribution in [-0.4, -0.2) is 10.1 Å². The number of aryl methyl sites for hydroxylation is 1. The van der Waals surface area contributed by atoms with Gasteiger partial charge < -0.3 is 4.52 Å².